The molecule has 1 rings (SSSR count). The maximum atomic E-state index is 11.1. The quantitative estimate of drug-likeness (QED) is 0.626. The minimum atomic E-state index is 0.223. The van der Waals surface area contributed by atoms with Crippen molar-refractivity contribution in [3.05, 3.63) is 11.8 Å². The van der Waals surface area contributed by atoms with E-state index in [1.54, 1.807) is 6.92 Å². The van der Waals surface area contributed by atoms with Crippen LogP contribution < -0.4 is 0 Å². The van der Waals surface area contributed by atoms with E-state index in [1.165, 1.54) is 0 Å². The van der Waals surface area contributed by atoms with Crippen LogP contribution in [0.5, 0.6) is 0 Å². The zero-order valence-electron chi connectivity index (χ0n) is 8.13. The van der Waals surface area contributed by atoms with E-state index in [2.05, 4.69) is 18.7 Å². The van der Waals surface area contributed by atoms with Crippen molar-refractivity contribution >= 4 is 5.78 Å². The van der Waals surface area contributed by atoms with Crippen molar-refractivity contribution in [2.24, 2.45) is 0 Å². The second kappa shape index (κ2) is 3.74. The lowest BCUT2D eigenvalue weighted by Gasteiger charge is -2.29. The van der Waals surface area contributed by atoms with Gasteiger partial charge in [-0.15, -0.1) is 0 Å². The Morgan fingerprint density at radius 1 is 1.58 bits per heavy atom. The maximum absolute atomic E-state index is 11.1. The van der Waals surface area contributed by atoms with Gasteiger partial charge in [-0.3, -0.25) is 4.79 Å². The van der Waals surface area contributed by atoms with E-state index in [1.807, 2.05) is 6.20 Å². The molecule has 2 nitrogen and oxygen atoms in total. The summed E-state index contributed by atoms with van der Waals surface area (Å²) < 4.78 is 0. The summed E-state index contributed by atoms with van der Waals surface area (Å²) in [6.45, 7) is 7.04. The van der Waals surface area contributed by atoms with E-state index in [-0.39, 0.29) is 5.78 Å². The third-order valence-corrected chi connectivity index (χ3v) is 2.30. The predicted molar refractivity (Wildman–Crippen MR) is 49.8 cm³/mol. The highest BCUT2D eigenvalue weighted by atomic mass is 16.1. The molecule has 12 heavy (non-hydrogen) atoms. The zero-order chi connectivity index (χ0) is 9.14. The van der Waals surface area contributed by atoms with Gasteiger partial charge in [0.15, 0.2) is 5.78 Å². The molecule has 0 aromatic heterocycles. The standard InChI is InChI=1S/C10H17NO/c1-8(2)11-6-4-5-10(7-11)9(3)12/h7-8H,4-6H2,1-3H3. The third-order valence-electron chi connectivity index (χ3n) is 2.30. The first-order valence-corrected chi connectivity index (χ1v) is 4.58. The highest BCUT2D eigenvalue weighted by Gasteiger charge is 2.14. The van der Waals surface area contributed by atoms with Crippen LogP contribution in [0.2, 0.25) is 0 Å². The zero-order valence-corrected chi connectivity index (χ0v) is 8.13. The largest absolute Gasteiger partial charge is 0.375 e. The molecule has 0 aliphatic carbocycles. The Kier molecular flexibility index (Phi) is 2.90. The number of Topliss-reactive ketones (excluding diaryl/α,β-unsaturated/α-hetero) is 1. The van der Waals surface area contributed by atoms with Gasteiger partial charge in [-0.05, 0) is 33.6 Å². The molecule has 0 bridgehead atoms. The van der Waals surface area contributed by atoms with E-state index >= 15 is 0 Å². The molecule has 0 saturated carbocycles. The Morgan fingerprint density at radius 2 is 2.25 bits per heavy atom. The number of ketones is 1. The van der Waals surface area contributed by atoms with Gasteiger partial charge in [0.25, 0.3) is 0 Å². The molecule has 2 heteroatoms. The fraction of sp³-hybridized carbons (Fsp3) is 0.700. The van der Waals surface area contributed by atoms with Gasteiger partial charge >= 0.3 is 0 Å². The van der Waals surface area contributed by atoms with E-state index in [9.17, 15) is 4.79 Å². The first kappa shape index (κ1) is 9.30. The maximum Gasteiger partial charge on any atom is 0.157 e. The van der Waals surface area contributed by atoms with Crippen molar-refractivity contribution in [1.82, 2.24) is 4.90 Å². The molecule has 0 aromatic rings. The van der Waals surface area contributed by atoms with Crippen LogP contribution in [-0.4, -0.2) is 23.3 Å². The van der Waals surface area contributed by atoms with Gasteiger partial charge in [-0.25, -0.2) is 0 Å². The second-order valence-corrected chi connectivity index (χ2v) is 3.65. The minimum absolute atomic E-state index is 0.223. The molecule has 0 spiro atoms. The van der Waals surface area contributed by atoms with E-state index in [0.29, 0.717) is 6.04 Å². The van der Waals surface area contributed by atoms with Crippen LogP contribution in [0.25, 0.3) is 0 Å². The lowest BCUT2D eigenvalue weighted by molar-refractivity contribution is -0.113. The molecule has 0 N–H and O–H groups in total. The Labute approximate surface area is 74.2 Å². The number of carbonyl (C=O) groups excluding carboxylic acids is 1. The van der Waals surface area contributed by atoms with Crippen LogP contribution in [0.1, 0.15) is 33.6 Å². The first-order chi connectivity index (χ1) is 5.61. The Balaban J connectivity index is 2.70. The molecule has 1 aliphatic heterocycles. The van der Waals surface area contributed by atoms with Gasteiger partial charge in [-0.1, -0.05) is 0 Å². The van der Waals surface area contributed by atoms with Crippen molar-refractivity contribution < 1.29 is 4.79 Å². The Hall–Kier alpha value is -0.790. The number of carbonyl (C=O) groups is 1. The number of hydrogen-bond donors (Lipinski definition) is 0. The number of rotatable bonds is 2. The van der Waals surface area contributed by atoms with Crippen LogP contribution in [0, 0.1) is 0 Å². The summed E-state index contributed by atoms with van der Waals surface area (Å²) in [4.78, 5) is 13.3. The van der Waals surface area contributed by atoms with Crippen molar-refractivity contribution in [3.8, 4) is 0 Å². The molecule has 0 saturated heterocycles. The molecule has 0 atom stereocenters. The van der Waals surface area contributed by atoms with Crippen LogP contribution in [-0.2, 0) is 4.79 Å². The lowest BCUT2D eigenvalue weighted by atomic mass is 10.0. The molecular formula is C10H17NO. The fourth-order valence-electron chi connectivity index (χ4n) is 1.46. The molecule has 1 heterocycles. The SMILES string of the molecule is CC(=O)C1=CN(C(C)C)CCC1. The van der Waals surface area contributed by atoms with Crippen LogP contribution in [0.15, 0.2) is 11.8 Å². The second-order valence-electron chi connectivity index (χ2n) is 3.65. The lowest BCUT2D eigenvalue weighted by Crippen LogP contribution is -2.30. The Morgan fingerprint density at radius 3 is 2.75 bits per heavy atom. The number of nitrogens with zero attached hydrogens (tertiary/aromatic N) is 1. The number of allylic oxidation sites excluding steroid dienone is 1. The minimum Gasteiger partial charge on any atom is -0.375 e. The van der Waals surface area contributed by atoms with Crippen molar-refractivity contribution in [2.75, 3.05) is 6.54 Å². The van der Waals surface area contributed by atoms with Gasteiger partial charge in [-0.2, -0.15) is 0 Å². The van der Waals surface area contributed by atoms with Crippen molar-refractivity contribution in [1.29, 1.82) is 0 Å². The van der Waals surface area contributed by atoms with Gasteiger partial charge in [0.05, 0.1) is 0 Å². The average molecular weight is 167 g/mol. The Bertz CT molecular complexity index is 206. The molecular weight excluding hydrogens is 150 g/mol. The van der Waals surface area contributed by atoms with E-state index in [0.717, 1.165) is 25.0 Å². The van der Waals surface area contributed by atoms with Crippen molar-refractivity contribution in [2.45, 2.75) is 39.7 Å². The molecule has 0 radical (unpaired) electrons. The molecule has 68 valence electrons. The highest BCUT2D eigenvalue weighted by molar-refractivity contribution is 5.93. The van der Waals surface area contributed by atoms with Gasteiger partial charge in [0, 0.05) is 24.4 Å². The summed E-state index contributed by atoms with van der Waals surface area (Å²) in [5, 5.41) is 0. The van der Waals surface area contributed by atoms with E-state index in [4.69, 9.17) is 0 Å². The molecule has 0 amide bonds. The smallest absolute Gasteiger partial charge is 0.157 e. The summed E-state index contributed by atoms with van der Waals surface area (Å²) in [6, 6.07) is 0.514. The van der Waals surface area contributed by atoms with Crippen LogP contribution in [0.4, 0.5) is 0 Å². The van der Waals surface area contributed by atoms with Gasteiger partial charge < -0.3 is 4.90 Å². The summed E-state index contributed by atoms with van der Waals surface area (Å²) in [7, 11) is 0. The molecule has 0 aromatic carbocycles. The van der Waals surface area contributed by atoms with Crippen molar-refractivity contribution in [3.63, 3.8) is 0 Å². The van der Waals surface area contributed by atoms with Gasteiger partial charge in [0.1, 0.15) is 0 Å². The summed E-state index contributed by atoms with van der Waals surface area (Å²) in [5.74, 6) is 0.223. The highest BCUT2D eigenvalue weighted by Crippen LogP contribution is 2.16. The fourth-order valence-corrected chi connectivity index (χ4v) is 1.46. The molecule has 0 unspecified atom stereocenters. The predicted octanol–water partition coefficient (Wildman–Crippen LogP) is 1.96. The monoisotopic (exact) mass is 167 g/mol. The van der Waals surface area contributed by atoms with Gasteiger partial charge in [0.2, 0.25) is 0 Å². The summed E-state index contributed by atoms with van der Waals surface area (Å²) in [6.07, 6.45) is 4.10. The number of hydrogen-bond acceptors (Lipinski definition) is 2. The molecule has 1 aliphatic rings. The summed E-state index contributed by atoms with van der Waals surface area (Å²) >= 11 is 0. The third kappa shape index (κ3) is 2.10. The average Bonchev–Trinajstić information content (AvgIpc) is 2.04. The van der Waals surface area contributed by atoms with Crippen LogP contribution >= 0.6 is 0 Å². The van der Waals surface area contributed by atoms with E-state index < -0.39 is 0 Å². The normalized spacial score (nSPS) is 18.0. The first-order valence-electron chi connectivity index (χ1n) is 4.58. The molecule has 0 fully saturated rings. The van der Waals surface area contributed by atoms with Crippen LogP contribution in [0.3, 0.4) is 0 Å². The topological polar surface area (TPSA) is 20.3 Å². The summed E-state index contributed by atoms with van der Waals surface area (Å²) in [5.41, 5.74) is 0.981.